The van der Waals surface area contributed by atoms with E-state index in [9.17, 15) is 9.59 Å². The zero-order valence-corrected chi connectivity index (χ0v) is 18.2. The Morgan fingerprint density at radius 3 is 2.73 bits per heavy atom. The van der Waals surface area contributed by atoms with E-state index in [-0.39, 0.29) is 17.9 Å². The number of carbonyl (C=O) groups is 2. The Kier molecular flexibility index (Phi) is 6.25. The second-order valence-corrected chi connectivity index (χ2v) is 8.61. The number of anilines is 1. The largest absolute Gasteiger partial charge is 0.444 e. The zero-order chi connectivity index (χ0) is 21.9. The number of hydrogen-bond donors (Lipinski definition) is 2. The van der Waals surface area contributed by atoms with E-state index in [1.54, 1.807) is 0 Å². The van der Waals surface area contributed by atoms with Crippen molar-refractivity contribution in [1.82, 2.24) is 10.3 Å². The summed E-state index contributed by atoms with van der Waals surface area (Å²) < 4.78 is 5.44. The number of fused-ring (bicyclic) bond motifs is 4. The molecule has 1 aromatic heterocycles. The Morgan fingerprint density at radius 1 is 1.23 bits per heavy atom. The van der Waals surface area contributed by atoms with Crippen molar-refractivity contribution in [2.45, 2.75) is 52.7 Å². The van der Waals surface area contributed by atoms with Gasteiger partial charge in [-0.25, -0.2) is 4.79 Å². The summed E-state index contributed by atoms with van der Waals surface area (Å²) in [6.07, 6.45) is 3.84. The van der Waals surface area contributed by atoms with Crippen LogP contribution in [0.15, 0.2) is 48.6 Å². The lowest BCUT2D eigenvalue weighted by Gasteiger charge is -2.24. The number of nitrogens with one attached hydrogen (secondary N) is 2. The van der Waals surface area contributed by atoms with Gasteiger partial charge < -0.3 is 15.4 Å². The number of carbonyl (C=O) groups excluding carboxylic acids is 2. The molecule has 0 aliphatic carbocycles. The van der Waals surface area contributed by atoms with Crippen LogP contribution in [-0.4, -0.2) is 22.6 Å². The van der Waals surface area contributed by atoms with Crippen molar-refractivity contribution >= 4 is 17.7 Å². The number of rotatable bonds is 1. The predicted octanol–water partition coefficient (Wildman–Crippen LogP) is 5.16. The summed E-state index contributed by atoms with van der Waals surface area (Å²) in [6.45, 7) is 9.26. The van der Waals surface area contributed by atoms with Crippen molar-refractivity contribution in [3.05, 3.63) is 59.8 Å². The lowest BCUT2D eigenvalue weighted by Crippen LogP contribution is -2.35. The van der Waals surface area contributed by atoms with Crippen LogP contribution in [0.2, 0.25) is 0 Å². The molecule has 2 atom stereocenters. The first kappa shape index (κ1) is 21.6. The minimum absolute atomic E-state index is 0.105. The van der Waals surface area contributed by atoms with Gasteiger partial charge in [0.15, 0.2) is 0 Å². The number of benzene rings is 1. The molecular weight excluding hydrogens is 378 g/mol. The normalized spacial score (nSPS) is 20.1. The Morgan fingerprint density at radius 2 is 2.00 bits per heavy atom. The molecule has 3 rings (SSSR count). The van der Waals surface area contributed by atoms with Crippen LogP contribution in [0.5, 0.6) is 0 Å². The highest BCUT2D eigenvalue weighted by Crippen LogP contribution is 2.30. The molecule has 2 amide bonds. The summed E-state index contributed by atoms with van der Waals surface area (Å²) in [5.41, 5.74) is 3.46. The number of amides is 2. The maximum atomic E-state index is 12.6. The second-order valence-electron chi connectivity index (χ2n) is 8.61. The maximum absolute atomic E-state index is 12.6. The van der Waals surface area contributed by atoms with Gasteiger partial charge in [-0.2, -0.15) is 0 Å². The second kappa shape index (κ2) is 8.69. The summed E-state index contributed by atoms with van der Waals surface area (Å²) in [4.78, 5) is 29.7. The number of nitrogens with zero attached hydrogens (tertiary/aromatic N) is 1. The number of alkyl carbamates (subject to hydrolysis) is 1. The molecule has 2 bridgehead atoms. The van der Waals surface area contributed by atoms with E-state index < -0.39 is 11.7 Å². The predicted molar refractivity (Wildman–Crippen MR) is 118 cm³/mol. The molecule has 1 aliphatic heterocycles. The van der Waals surface area contributed by atoms with Crippen LogP contribution in [-0.2, 0) is 9.53 Å². The van der Waals surface area contributed by atoms with Gasteiger partial charge in [0.25, 0.3) is 0 Å². The third-order valence-corrected chi connectivity index (χ3v) is 4.76. The molecule has 2 aromatic rings. The van der Waals surface area contributed by atoms with Crippen LogP contribution < -0.4 is 10.6 Å². The van der Waals surface area contributed by atoms with E-state index in [1.165, 1.54) is 0 Å². The lowest BCUT2D eigenvalue weighted by atomic mass is 9.97. The smallest absolute Gasteiger partial charge is 0.408 e. The molecule has 0 radical (unpaired) electrons. The maximum Gasteiger partial charge on any atom is 0.408 e. The van der Waals surface area contributed by atoms with Crippen molar-refractivity contribution in [1.29, 1.82) is 0 Å². The van der Waals surface area contributed by atoms with E-state index in [4.69, 9.17) is 4.74 Å². The van der Waals surface area contributed by atoms with Crippen LogP contribution in [0.4, 0.5) is 10.5 Å². The first-order valence-electron chi connectivity index (χ1n) is 10.2. The van der Waals surface area contributed by atoms with Crippen molar-refractivity contribution < 1.29 is 14.3 Å². The Labute approximate surface area is 177 Å². The lowest BCUT2D eigenvalue weighted by molar-refractivity contribution is -0.118. The molecule has 6 heteroatoms. The van der Waals surface area contributed by atoms with Crippen LogP contribution in [0.25, 0.3) is 11.3 Å². The van der Waals surface area contributed by atoms with Gasteiger partial charge in [0.05, 0.1) is 23.3 Å². The first-order chi connectivity index (χ1) is 14.1. The number of aromatic nitrogens is 1. The van der Waals surface area contributed by atoms with Crippen molar-refractivity contribution in [3.63, 3.8) is 0 Å². The molecule has 2 N–H and O–H groups in total. The quantitative estimate of drug-likeness (QED) is 0.640. The fourth-order valence-electron chi connectivity index (χ4n) is 3.26. The van der Waals surface area contributed by atoms with Crippen molar-refractivity contribution in [2.24, 2.45) is 5.92 Å². The highest BCUT2D eigenvalue weighted by atomic mass is 16.6. The average molecular weight is 408 g/mol. The third-order valence-electron chi connectivity index (χ3n) is 4.76. The number of aryl methyl sites for hydroxylation is 1. The van der Waals surface area contributed by atoms with Gasteiger partial charge in [-0.3, -0.25) is 9.78 Å². The molecule has 0 saturated carbocycles. The van der Waals surface area contributed by atoms with Gasteiger partial charge in [0.2, 0.25) is 5.91 Å². The summed E-state index contributed by atoms with van der Waals surface area (Å²) >= 11 is 0. The van der Waals surface area contributed by atoms with E-state index in [0.29, 0.717) is 17.8 Å². The molecule has 0 fully saturated rings. The van der Waals surface area contributed by atoms with Gasteiger partial charge in [-0.1, -0.05) is 37.3 Å². The minimum atomic E-state index is -0.583. The molecule has 30 heavy (non-hydrogen) atoms. The molecule has 1 aliphatic rings. The topological polar surface area (TPSA) is 80.3 Å². The molecule has 0 saturated heterocycles. The fourth-order valence-corrected chi connectivity index (χ4v) is 3.26. The number of ether oxygens (including phenoxy) is 1. The number of pyridine rings is 1. The average Bonchev–Trinajstić information content (AvgIpc) is 2.66. The SMILES string of the molecule is Cc1ccc2c(n1)-c1cccc(c1)[C@@H](NC(=O)OC(C)(C)C)C/C=C/[C@@H](C)C(=O)N2. The first-order valence-corrected chi connectivity index (χ1v) is 10.2. The van der Waals surface area contributed by atoms with E-state index in [2.05, 4.69) is 15.6 Å². The van der Waals surface area contributed by atoms with Gasteiger partial charge >= 0.3 is 6.09 Å². The molecule has 2 heterocycles. The van der Waals surface area contributed by atoms with E-state index in [1.807, 2.05) is 83.2 Å². The molecule has 0 unspecified atom stereocenters. The van der Waals surface area contributed by atoms with Gasteiger partial charge in [-0.05, 0) is 57.9 Å². The summed E-state index contributed by atoms with van der Waals surface area (Å²) in [7, 11) is 0. The summed E-state index contributed by atoms with van der Waals surface area (Å²) in [5, 5.41) is 5.96. The Hall–Kier alpha value is -3.15. The van der Waals surface area contributed by atoms with E-state index >= 15 is 0 Å². The third kappa shape index (κ3) is 5.47. The van der Waals surface area contributed by atoms with Crippen molar-refractivity contribution in [2.75, 3.05) is 5.32 Å². The van der Waals surface area contributed by atoms with Gasteiger partial charge in [0, 0.05) is 11.3 Å². The Bertz CT molecular complexity index is 976. The molecule has 1 aromatic carbocycles. The fraction of sp³-hybridized carbons (Fsp3) is 0.375. The van der Waals surface area contributed by atoms with Gasteiger partial charge in [-0.15, -0.1) is 0 Å². The summed E-state index contributed by atoms with van der Waals surface area (Å²) in [5.74, 6) is -0.425. The monoisotopic (exact) mass is 407 g/mol. The van der Waals surface area contributed by atoms with Crippen LogP contribution in [0.1, 0.15) is 51.4 Å². The van der Waals surface area contributed by atoms with Crippen LogP contribution in [0.3, 0.4) is 0 Å². The summed E-state index contributed by atoms with van der Waals surface area (Å²) in [6, 6.07) is 11.3. The molecule has 158 valence electrons. The zero-order valence-electron chi connectivity index (χ0n) is 18.2. The number of hydrogen-bond acceptors (Lipinski definition) is 4. The molecular formula is C24H29N3O3. The van der Waals surface area contributed by atoms with Crippen molar-refractivity contribution in [3.8, 4) is 11.3 Å². The van der Waals surface area contributed by atoms with Gasteiger partial charge in [0.1, 0.15) is 5.60 Å². The van der Waals surface area contributed by atoms with Crippen LogP contribution >= 0.6 is 0 Å². The highest BCUT2D eigenvalue weighted by Gasteiger charge is 2.22. The Balaban J connectivity index is 2.04. The molecule has 6 nitrogen and oxygen atoms in total. The van der Waals surface area contributed by atoms with Crippen LogP contribution in [0, 0.1) is 12.8 Å². The molecule has 0 spiro atoms. The standard InChI is InChI=1S/C24H29N3O3/c1-15-8-6-11-19(27-23(29)30-24(3,4)5)17-9-7-10-18(14-17)21-20(26-22(15)28)13-12-16(2)25-21/h6-10,12-15,19H,11H2,1-5H3,(H,26,28)(H,27,29)/b8-6+/t15-,19+/m1/s1. The minimum Gasteiger partial charge on any atom is -0.444 e. The van der Waals surface area contributed by atoms with E-state index in [0.717, 1.165) is 16.8 Å². The highest BCUT2D eigenvalue weighted by molar-refractivity contribution is 5.96.